The predicted molar refractivity (Wildman–Crippen MR) is 81.4 cm³/mol. The second kappa shape index (κ2) is 6.75. The average molecular weight is 271 g/mol. The van der Waals surface area contributed by atoms with E-state index in [0.29, 0.717) is 12.5 Å². The van der Waals surface area contributed by atoms with Gasteiger partial charge in [-0.1, -0.05) is 24.3 Å². The molecule has 1 aromatic carbocycles. The fraction of sp³-hybridized carbons (Fsp3) is 0.333. The van der Waals surface area contributed by atoms with Crippen LogP contribution in [0.1, 0.15) is 25.0 Å². The molecular formula is C15H21N5. The van der Waals surface area contributed by atoms with Crippen molar-refractivity contribution in [3.63, 3.8) is 0 Å². The van der Waals surface area contributed by atoms with Crippen LogP contribution in [-0.2, 0) is 13.1 Å². The third-order valence-electron chi connectivity index (χ3n) is 2.87. The van der Waals surface area contributed by atoms with Crippen LogP contribution in [0.2, 0.25) is 0 Å². The number of nitrogens with two attached hydrogens (primary N) is 1. The Hall–Kier alpha value is -2.30. The molecule has 0 saturated heterocycles. The monoisotopic (exact) mass is 271 g/mol. The third kappa shape index (κ3) is 4.12. The molecule has 0 aliphatic rings. The molecule has 3 N–H and O–H groups in total. The first-order valence-corrected chi connectivity index (χ1v) is 6.76. The minimum Gasteiger partial charge on any atom is -0.370 e. The van der Waals surface area contributed by atoms with Gasteiger partial charge in [0.1, 0.15) is 0 Å². The number of nitrogens with zero attached hydrogens (tertiary/aromatic N) is 3. The van der Waals surface area contributed by atoms with Crippen LogP contribution in [0.25, 0.3) is 0 Å². The Morgan fingerprint density at radius 3 is 2.70 bits per heavy atom. The van der Waals surface area contributed by atoms with Crippen molar-refractivity contribution in [1.29, 1.82) is 0 Å². The molecule has 0 aliphatic carbocycles. The first kappa shape index (κ1) is 14.1. The van der Waals surface area contributed by atoms with Gasteiger partial charge in [-0.25, -0.2) is 4.99 Å². The number of benzene rings is 1. The van der Waals surface area contributed by atoms with Gasteiger partial charge in [0.25, 0.3) is 0 Å². The van der Waals surface area contributed by atoms with Gasteiger partial charge in [-0.2, -0.15) is 5.10 Å². The first-order chi connectivity index (χ1) is 9.65. The van der Waals surface area contributed by atoms with E-state index in [4.69, 9.17) is 5.73 Å². The molecule has 0 spiro atoms. The minimum absolute atomic E-state index is 0.290. The number of guanidine groups is 1. The number of nitrogens with one attached hydrogen (secondary N) is 1. The van der Waals surface area contributed by atoms with Crippen LogP contribution >= 0.6 is 0 Å². The van der Waals surface area contributed by atoms with Crippen LogP contribution in [0.3, 0.4) is 0 Å². The van der Waals surface area contributed by atoms with Gasteiger partial charge in [0, 0.05) is 18.4 Å². The lowest BCUT2D eigenvalue weighted by Gasteiger charge is -2.10. The molecular weight excluding hydrogens is 250 g/mol. The zero-order valence-electron chi connectivity index (χ0n) is 12.0. The van der Waals surface area contributed by atoms with Crippen molar-refractivity contribution in [2.75, 3.05) is 0 Å². The molecule has 0 saturated carbocycles. The number of hydrogen-bond donors (Lipinski definition) is 2. The molecule has 0 bridgehead atoms. The SMILES string of the molecule is CC(C)NC(N)=NCc1ccccc1Cn1cccn1. The van der Waals surface area contributed by atoms with E-state index < -0.39 is 0 Å². The van der Waals surface area contributed by atoms with Crippen LogP contribution in [0.5, 0.6) is 0 Å². The molecule has 2 aromatic rings. The van der Waals surface area contributed by atoms with E-state index in [9.17, 15) is 0 Å². The van der Waals surface area contributed by atoms with Gasteiger partial charge < -0.3 is 11.1 Å². The van der Waals surface area contributed by atoms with Gasteiger partial charge in [0.05, 0.1) is 13.1 Å². The van der Waals surface area contributed by atoms with Crippen LogP contribution in [-0.4, -0.2) is 21.8 Å². The molecule has 1 heterocycles. The van der Waals surface area contributed by atoms with E-state index in [1.54, 1.807) is 6.20 Å². The summed E-state index contributed by atoms with van der Waals surface area (Å²) in [5.41, 5.74) is 8.20. The smallest absolute Gasteiger partial charge is 0.189 e. The van der Waals surface area contributed by atoms with Crippen LogP contribution in [0.15, 0.2) is 47.7 Å². The molecule has 0 fully saturated rings. The molecule has 20 heavy (non-hydrogen) atoms. The van der Waals surface area contributed by atoms with Gasteiger partial charge in [-0.15, -0.1) is 0 Å². The first-order valence-electron chi connectivity index (χ1n) is 6.76. The summed E-state index contributed by atoms with van der Waals surface area (Å²) < 4.78 is 1.90. The van der Waals surface area contributed by atoms with E-state index in [-0.39, 0.29) is 6.04 Å². The average Bonchev–Trinajstić information content (AvgIpc) is 2.90. The number of hydrogen-bond acceptors (Lipinski definition) is 2. The predicted octanol–water partition coefficient (Wildman–Crippen LogP) is 1.74. The zero-order valence-corrected chi connectivity index (χ0v) is 12.0. The summed E-state index contributed by atoms with van der Waals surface area (Å²) in [6.07, 6.45) is 3.74. The lowest BCUT2D eigenvalue weighted by molar-refractivity contribution is 0.680. The van der Waals surface area contributed by atoms with Gasteiger partial charge in [-0.05, 0) is 31.0 Å². The highest BCUT2D eigenvalue weighted by molar-refractivity contribution is 5.78. The number of aromatic nitrogens is 2. The van der Waals surface area contributed by atoms with E-state index in [1.165, 1.54) is 5.56 Å². The molecule has 0 aliphatic heterocycles. The summed E-state index contributed by atoms with van der Waals surface area (Å²) in [7, 11) is 0. The van der Waals surface area contributed by atoms with Crippen molar-refractivity contribution in [2.45, 2.75) is 33.0 Å². The Bertz CT molecular complexity index is 557. The quantitative estimate of drug-likeness (QED) is 0.643. The summed E-state index contributed by atoms with van der Waals surface area (Å²) >= 11 is 0. The second-order valence-corrected chi connectivity index (χ2v) is 4.97. The Labute approximate surface area is 119 Å². The Morgan fingerprint density at radius 2 is 2.05 bits per heavy atom. The number of rotatable bonds is 5. The molecule has 0 radical (unpaired) electrons. The number of aliphatic imine (C=N–C) groups is 1. The highest BCUT2D eigenvalue weighted by Gasteiger charge is 2.03. The molecule has 2 rings (SSSR count). The zero-order chi connectivity index (χ0) is 14.4. The summed E-state index contributed by atoms with van der Waals surface area (Å²) in [6.45, 7) is 5.39. The molecule has 0 amide bonds. The molecule has 5 nitrogen and oxygen atoms in total. The van der Waals surface area contributed by atoms with Gasteiger partial charge >= 0.3 is 0 Å². The van der Waals surface area contributed by atoms with Gasteiger partial charge in [-0.3, -0.25) is 4.68 Å². The van der Waals surface area contributed by atoms with Crippen LogP contribution in [0.4, 0.5) is 0 Å². The maximum atomic E-state index is 5.83. The Morgan fingerprint density at radius 1 is 1.30 bits per heavy atom. The molecule has 106 valence electrons. The molecule has 1 aromatic heterocycles. The third-order valence-corrected chi connectivity index (χ3v) is 2.87. The lowest BCUT2D eigenvalue weighted by atomic mass is 10.1. The van der Waals surface area contributed by atoms with Crippen LogP contribution in [0, 0.1) is 0 Å². The largest absolute Gasteiger partial charge is 0.370 e. The maximum absolute atomic E-state index is 5.83. The molecule has 0 unspecified atom stereocenters. The van der Waals surface area contributed by atoms with Crippen molar-refractivity contribution in [1.82, 2.24) is 15.1 Å². The second-order valence-electron chi connectivity index (χ2n) is 4.97. The summed E-state index contributed by atoms with van der Waals surface area (Å²) in [5, 5.41) is 7.32. The van der Waals surface area contributed by atoms with Gasteiger partial charge in [0.2, 0.25) is 0 Å². The van der Waals surface area contributed by atoms with E-state index in [0.717, 1.165) is 12.1 Å². The normalized spacial score (nSPS) is 11.8. The van der Waals surface area contributed by atoms with Crippen molar-refractivity contribution < 1.29 is 0 Å². The summed E-state index contributed by atoms with van der Waals surface area (Å²) in [6, 6.07) is 10.4. The summed E-state index contributed by atoms with van der Waals surface area (Å²) in [4.78, 5) is 4.38. The molecule has 0 atom stereocenters. The fourth-order valence-electron chi connectivity index (χ4n) is 1.95. The fourth-order valence-corrected chi connectivity index (χ4v) is 1.95. The lowest BCUT2D eigenvalue weighted by Crippen LogP contribution is -2.36. The minimum atomic E-state index is 0.290. The van der Waals surface area contributed by atoms with E-state index in [2.05, 4.69) is 27.5 Å². The Balaban J connectivity index is 2.08. The highest BCUT2D eigenvalue weighted by atomic mass is 15.3. The highest BCUT2D eigenvalue weighted by Crippen LogP contribution is 2.11. The molecule has 5 heteroatoms. The summed E-state index contributed by atoms with van der Waals surface area (Å²) in [5.74, 6) is 0.480. The van der Waals surface area contributed by atoms with Crippen molar-refractivity contribution in [3.8, 4) is 0 Å². The van der Waals surface area contributed by atoms with Crippen molar-refractivity contribution >= 4 is 5.96 Å². The topological polar surface area (TPSA) is 68.2 Å². The maximum Gasteiger partial charge on any atom is 0.189 e. The van der Waals surface area contributed by atoms with E-state index >= 15 is 0 Å². The Kier molecular flexibility index (Phi) is 4.76. The van der Waals surface area contributed by atoms with E-state index in [1.807, 2.05) is 42.9 Å². The van der Waals surface area contributed by atoms with Crippen molar-refractivity contribution in [3.05, 3.63) is 53.9 Å². The van der Waals surface area contributed by atoms with Crippen LogP contribution < -0.4 is 11.1 Å². The standard InChI is InChI=1S/C15H21N5/c1-12(2)19-15(16)17-10-13-6-3-4-7-14(13)11-20-9-5-8-18-20/h3-9,12H,10-11H2,1-2H3,(H3,16,17,19). The van der Waals surface area contributed by atoms with Gasteiger partial charge in [0.15, 0.2) is 5.96 Å². The van der Waals surface area contributed by atoms with Crippen molar-refractivity contribution in [2.24, 2.45) is 10.7 Å².